The molecule has 2 aromatic rings. The summed E-state index contributed by atoms with van der Waals surface area (Å²) in [5.41, 5.74) is 0.198. The van der Waals surface area contributed by atoms with Crippen LogP contribution in [0.25, 0.3) is 10.9 Å². The predicted octanol–water partition coefficient (Wildman–Crippen LogP) is 1.89. The molecule has 10 heteroatoms. The largest absolute Gasteiger partial charge is 0.455 e. The summed E-state index contributed by atoms with van der Waals surface area (Å²) in [6.45, 7) is 0.901. The van der Waals surface area contributed by atoms with Crippen LogP contribution in [0.2, 0.25) is 0 Å². The van der Waals surface area contributed by atoms with Gasteiger partial charge in [0.25, 0.3) is 5.69 Å². The Hall–Kier alpha value is -2.88. The Kier molecular flexibility index (Phi) is 6.73. The lowest BCUT2D eigenvalue weighted by Crippen LogP contribution is -2.43. The number of non-ortho nitro benzene ring substituents is 1. The summed E-state index contributed by atoms with van der Waals surface area (Å²) in [5.74, 6) is -0.360. The first-order valence-corrected chi connectivity index (χ1v) is 8.91. The number of nitrogens with one attached hydrogen (secondary N) is 1. The number of benzene rings is 1. The van der Waals surface area contributed by atoms with Crippen LogP contribution in [-0.2, 0) is 14.3 Å². The van der Waals surface area contributed by atoms with Crippen molar-refractivity contribution < 1.29 is 24.0 Å². The lowest BCUT2D eigenvalue weighted by Gasteiger charge is -2.16. The molecule has 0 radical (unpaired) electrons. The number of aromatic nitrogens is 1. The van der Waals surface area contributed by atoms with Gasteiger partial charge in [0, 0.05) is 24.9 Å². The van der Waals surface area contributed by atoms with Crippen LogP contribution >= 0.6 is 11.8 Å². The lowest BCUT2D eigenvalue weighted by molar-refractivity contribution is -0.383. The van der Waals surface area contributed by atoms with Crippen molar-refractivity contribution in [2.45, 2.75) is 13.0 Å². The number of ether oxygens (including phenoxy) is 2. The monoisotopic (exact) mass is 379 g/mol. The minimum atomic E-state index is -0.780. The Morgan fingerprint density at radius 2 is 2.15 bits per heavy atom. The van der Waals surface area contributed by atoms with Gasteiger partial charge >= 0.3 is 5.97 Å². The van der Waals surface area contributed by atoms with Crippen molar-refractivity contribution in [1.82, 2.24) is 10.3 Å². The molecule has 1 atom stereocenters. The third-order valence-corrected chi connectivity index (χ3v) is 3.98. The van der Waals surface area contributed by atoms with Crippen LogP contribution in [0.4, 0.5) is 5.69 Å². The molecule has 0 aliphatic rings. The average molecular weight is 379 g/mol. The number of nitro benzene ring substituents is 1. The number of pyridine rings is 1. The first kappa shape index (κ1) is 19.4. The van der Waals surface area contributed by atoms with Crippen LogP contribution in [-0.4, -0.2) is 46.6 Å². The first-order chi connectivity index (χ1) is 12.4. The number of amides is 1. The van der Waals surface area contributed by atoms with Crippen molar-refractivity contribution in [3.8, 4) is 5.75 Å². The topological polar surface area (TPSA) is 121 Å². The molecule has 2 rings (SSSR count). The van der Waals surface area contributed by atoms with Gasteiger partial charge in [-0.3, -0.25) is 19.9 Å². The molecule has 0 saturated heterocycles. The van der Waals surface area contributed by atoms with E-state index in [1.807, 2.05) is 0 Å². The quantitative estimate of drug-likeness (QED) is 0.319. The van der Waals surface area contributed by atoms with Crippen LogP contribution in [0.3, 0.4) is 0 Å². The van der Waals surface area contributed by atoms with E-state index in [0.717, 1.165) is 0 Å². The molecule has 0 aliphatic heterocycles. The molecule has 1 aromatic heterocycles. The highest BCUT2D eigenvalue weighted by atomic mass is 32.2. The first-order valence-electron chi connectivity index (χ1n) is 7.51. The van der Waals surface area contributed by atoms with Gasteiger partial charge in [0.1, 0.15) is 17.3 Å². The third kappa shape index (κ3) is 4.82. The molecule has 0 aliphatic carbocycles. The maximum absolute atomic E-state index is 12.0. The maximum Gasteiger partial charge on any atom is 0.332 e. The number of thioether (sulfide) groups is 1. The summed E-state index contributed by atoms with van der Waals surface area (Å²) in [4.78, 5) is 37.8. The molecule has 0 saturated carbocycles. The van der Waals surface area contributed by atoms with E-state index in [0.29, 0.717) is 16.7 Å². The SMILES string of the molecule is CSCC(NC(C)=O)C(=O)OCOc1ccc([N+](=O)[O-])c2cccnc12. The molecule has 0 bridgehead atoms. The molecule has 9 nitrogen and oxygen atoms in total. The number of fused-ring (bicyclic) bond motifs is 1. The number of hydrogen-bond acceptors (Lipinski definition) is 8. The van der Waals surface area contributed by atoms with Crippen LogP contribution in [0.15, 0.2) is 30.5 Å². The molecule has 0 fully saturated rings. The van der Waals surface area contributed by atoms with Gasteiger partial charge in [-0.25, -0.2) is 4.79 Å². The molecule has 138 valence electrons. The third-order valence-electron chi connectivity index (χ3n) is 3.32. The van der Waals surface area contributed by atoms with Crippen molar-refractivity contribution in [3.63, 3.8) is 0 Å². The number of hydrogen-bond donors (Lipinski definition) is 1. The zero-order chi connectivity index (χ0) is 19.1. The summed E-state index contributed by atoms with van der Waals surface area (Å²) in [7, 11) is 0. The fourth-order valence-electron chi connectivity index (χ4n) is 2.24. The second-order valence-electron chi connectivity index (χ2n) is 5.17. The fraction of sp³-hybridized carbons (Fsp3) is 0.312. The summed E-state index contributed by atoms with van der Waals surface area (Å²) in [6.07, 6.45) is 3.28. The number of esters is 1. The molecule has 0 spiro atoms. The average Bonchev–Trinajstić information content (AvgIpc) is 2.60. The molecular formula is C16H17N3O6S. The Morgan fingerprint density at radius 1 is 1.38 bits per heavy atom. The fourth-order valence-corrected chi connectivity index (χ4v) is 2.79. The minimum absolute atomic E-state index is 0.0943. The number of nitro groups is 1. The van der Waals surface area contributed by atoms with E-state index in [9.17, 15) is 19.7 Å². The summed E-state index contributed by atoms with van der Waals surface area (Å²) in [5, 5.41) is 13.9. The lowest BCUT2D eigenvalue weighted by atomic mass is 10.1. The van der Waals surface area contributed by atoms with Crippen LogP contribution < -0.4 is 10.1 Å². The van der Waals surface area contributed by atoms with Gasteiger partial charge in [-0.05, 0) is 24.5 Å². The van der Waals surface area contributed by atoms with E-state index in [1.165, 1.54) is 37.0 Å². The molecule has 1 aromatic carbocycles. The van der Waals surface area contributed by atoms with Crippen molar-refractivity contribution in [2.75, 3.05) is 18.8 Å². The molecule has 26 heavy (non-hydrogen) atoms. The highest BCUT2D eigenvalue weighted by Gasteiger charge is 2.21. The Bertz CT molecular complexity index is 829. The number of nitrogens with zero attached hydrogens (tertiary/aromatic N) is 2. The number of carbonyl (C=O) groups excluding carboxylic acids is 2. The number of carbonyl (C=O) groups is 2. The van der Waals surface area contributed by atoms with E-state index >= 15 is 0 Å². The van der Waals surface area contributed by atoms with E-state index < -0.39 is 23.7 Å². The van der Waals surface area contributed by atoms with Crippen molar-refractivity contribution in [2.24, 2.45) is 0 Å². The van der Waals surface area contributed by atoms with E-state index in [1.54, 1.807) is 18.4 Å². The van der Waals surface area contributed by atoms with E-state index in [4.69, 9.17) is 9.47 Å². The van der Waals surface area contributed by atoms with Crippen molar-refractivity contribution in [1.29, 1.82) is 0 Å². The van der Waals surface area contributed by atoms with Gasteiger partial charge in [-0.1, -0.05) is 0 Å². The minimum Gasteiger partial charge on any atom is -0.455 e. The second kappa shape index (κ2) is 8.99. The van der Waals surface area contributed by atoms with Gasteiger partial charge in [-0.15, -0.1) is 0 Å². The Balaban J connectivity index is 2.08. The zero-order valence-electron chi connectivity index (χ0n) is 14.1. The Labute approximate surface area is 153 Å². The predicted molar refractivity (Wildman–Crippen MR) is 96.0 cm³/mol. The summed E-state index contributed by atoms with van der Waals surface area (Å²) < 4.78 is 10.4. The number of rotatable bonds is 8. The maximum atomic E-state index is 12.0. The van der Waals surface area contributed by atoms with E-state index in [-0.39, 0.29) is 17.3 Å². The smallest absolute Gasteiger partial charge is 0.332 e. The van der Waals surface area contributed by atoms with Crippen molar-refractivity contribution >= 4 is 40.2 Å². The van der Waals surface area contributed by atoms with Crippen LogP contribution in [0.5, 0.6) is 5.75 Å². The summed E-state index contributed by atoms with van der Waals surface area (Å²) in [6, 6.07) is 5.06. The van der Waals surface area contributed by atoms with Gasteiger partial charge in [0.15, 0.2) is 0 Å². The molecule has 1 heterocycles. The zero-order valence-corrected chi connectivity index (χ0v) is 14.9. The molecular weight excluding hydrogens is 362 g/mol. The molecule has 1 unspecified atom stereocenters. The van der Waals surface area contributed by atoms with E-state index in [2.05, 4.69) is 10.3 Å². The molecule has 1 amide bonds. The molecule has 1 N–H and O–H groups in total. The second-order valence-corrected chi connectivity index (χ2v) is 6.08. The van der Waals surface area contributed by atoms with Crippen LogP contribution in [0.1, 0.15) is 6.92 Å². The van der Waals surface area contributed by atoms with Gasteiger partial charge in [0.2, 0.25) is 12.7 Å². The van der Waals surface area contributed by atoms with Gasteiger partial charge in [-0.2, -0.15) is 11.8 Å². The van der Waals surface area contributed by atoms with Crippen molar-refractivity contribution in [3.05, 3.63) is 40.6 Å². The normalized spacial score (nSPS) is 11.6. The Morgan fingerprint density at radius 3 is 2.81 bits per heavy atom. The highest BCUT2D eigenvalue weighted by molar-refractivity contribution is 7.98. The van der Waals surface area contributed by atoms with Gasteiger partial charge < -0.3 is 14.8 Å². The van der Waals surface area contributed by atoms with Gasteiger partial charge in [0.05, 0.1) is 10.3 Å². The highest BCUT2D eigenvalue weighted by Crippen LogP contribution is 2.31. The van der Waals surface area contributed by atoms with Crippen LogP contribution in [0, 0.1) is 10.1 Å². The standard InChI is InChI=1S/C16H17N3O6S/c1-10(20)18-12(8-26-2)16(21)25-9-24-14-6-5-13(19(22)23)11-4-3-7-17-15(11)14/h3-7,12H,8-9H2,1-2H3,(H,18,20). The summed E-state index contributed by atoms with van der Waals surface area (Å²) >= 11 is 1.39.